The summed E-state index contributed by atoms with van der Waals surface area (Å²) in [5, 5.41) is 9.08. The zero-order chi connectivity index (χ0) is 9.68. The Hall–Kier alpha value is -1.26. The van der Waals surface area contributed by atoms with Gasteiger partial charge in [0.1, 0.15) is 5.75 Å². The highest BCUT2D eigenvalue weighted by Crippen LogP contribution is 2.25. The van der Waals surface area contributed by atoms with E-state index in [0.717, 1.165) is 0 Å². The number of aliphatic hydroxyl groups is 1. The van der Waals surface area contributed by atoms with E-state index in [1.807, 2.05) is 13.0 Å². The van der Waals surface area contributed by atoms with Crippen LogP contribution in [0.3, 0.4) is 0 Å². The van der Waals surface area contributed by atoms with Gasteiger partial charge in [0.05, 0.1) is 18.9 Å². The Morgan fingerprint density at radius 2 is 2.31 bits per heavy atom. The highest BCUT2D eigenvalue weighted by Gasteiger charge is 2.06. The minimum Gasteiger partial charge on any atom is -0.493 e. The Kier molecular flexibility index (Phi) is 3.54. The number of ether oxygens (including phenoxy) is 1. The Balaban J connectivity index is 3.03. The van der Waals surface area contributed by atoms with Crippen molar-refractivity contribution in [3.05, 3.63) is 23.8 Å². The lowest BCUT2D eigenvalue weighted by Gasteiger charge is -2.12. The number of rotatable bonds is 4. The molecule has 0 atom stereocenters. The molecule has 0 aliphatic rings. The monoisotopic (exact) mass is 182 g/mol. The highest BCUT2D eigenvalue weighted by molar-refractivity contribution is 5.56. The van der Waals surface area contributed by atoms with Crippen LogP contribution in [0.15, 0.2) is 18.2 Å². The SMILES string of the molecule is CCOc1cccc(NN)c1CO. The third-order valence-corrected chi connectivity index (χ3v) is 1.75. The highest BCUT2D eigenvalue weighted by atomic mass is 16.5. The topological polar surface area (TPSA) is 67.5 Å². The molecule has 0 saturated carbocycles. The maximum absolute atomic E-state index is 9.08. The van der Waals surface area contributed by atoms with Crippen LogP contribution in [0.1, 0.15) is 12.5 Å². The number of hydrogen-bond acceptors (Lipinski definition) is 4. The fraction of sp³-hybridized carbons (Fsp3) is 0.333. The van der Waals surface area contributed by atoms with Crippen molar-refractivity contribution < 1.29 is 9.84 Å². The minimum absolute atomic E-state index is 0.0876. The number of aliphatic hydroxyl groups excluding tert-OH is 1. The van der Waals surface area contributed by atoms with Crippen molar-refractivity contribution in [3.8, 4) is 5.75 Å². The van der Waals surface area contributed by atoms with Crippen molar-refractivity contribution >= 4 is 5.69 Å². The fourth-order valence-corrected chi connectivity index (χ4v) is 1.15. The van der Waals surface area contributed by atoms with Crippen molar-refractivity contribution in [2.75, 3.05) is 12.0 Å². The lowest BCUT2D eigenvalue weighted by Crippen LogP contribution is -2.10. The van der Waals surface area contributed by atoms with Crippen LogP contribution in [-0.2, 0) is 6.61 Å². The van der Waals surface area contributed by atoms with Gasteiger partial charge >= 0.3 is 0 Å². The maximum Gasteiger partial charge on any atom is 0.126 e. The van der Waals surface area contributed by atoms with E-state index in [2.05, 4.69) is 5.43 Å². The summed E-state index contributed by atoms with van der Waals surface area (Å²) >= 11 is 0. The minimum atomic E-state index is -0.0876. The quantitative estimate of drug-likeness (QED) is 0.477. The van der Waals surface area contributed by atoms with Gasteiger partial charge in [-0.3, -0.25) is 5.84 Å². The van der Waals surface area contributed by atoms with Gasteiger partial charge in [-0.05, 0) is 19.1 Å². The molecule has 0 bridgehead atoms. The number of nitrogens with two attached hydrogens (primary N) is 1. The molecule has 4 N–H and O–H groups in total. The molecule has 0 radical (unpaired) electrons. The molecule has 1 aromatic carbocycles. The Labute approximate surface area is 77.3 Å². The van der Waals surface area contributed by atoms with E-state index in [4.69, 9.17) is 15.7 Å². The first-order valence-corrected chi connectivity index (χ1v) is 4.15. The van der Waals surface area contributed by atoms with Gasteiger partial charge in [-0.1, -0.05) is 6.07 Å². The first-order chi connectivity index (χ1) is 6.33. The maximum atomic E-state index is 9.08. The summed E-state index contributed by atoms with van der Waals surface area (Å²) in [4.78, 5) is 0. The predicted molar refractivity (Wildman–Crippen MR) is 51.3 cm³/mol. The summed E-state index contributed by atoms with van der Waals surface area (Å²) in [5.41, 5.74) is 3.88. The third-order valence-electron chi connectivity index (χ3n) is 1.75. The van der Waals surface area contributed by atoms with Crippen LogP contribution in [0.25, 0.3) is 0 Å². The number of anilines is 1. The van der Waals surface area contributed by atoms with Gasteiger partial charge in [0.25, 0.3) is 0 Å². The van der Waals surface area contributed by atoms with Gasteiger partial charge in [0, 0.05) is 5.56 Å². The summed E-state index contributed by atoms with van der Waals surface area (Å²) in [6.07, 6.45) is 0. The van der Waals surface area contributed by atoms with E-state index in [9.17, 15) is 0 Å². The van der Waals surface area contributed by atoms with E-state index in [0.29, 0.717) is 23.6 Å². The predicted octanol–water partition coefficient (Wildman–Crippen LogP) is 0.863. The average molecular weight is 182 g/mol. The summed E-state index contributed by atoms with van der Waals surface area (Å²) < 4.78 is 5.31. The standard InChI is InChI=1S/C9H14N2O2/c1-2-13-9-5-3-4-8(11-10)7(9)6-12/h3-5,11-12H,2,6,10H2,1H3. The van der Waals surface area contributed by atoms with E-state index >= 15 is 0 Å². The summed E-state index contributed by atoms with van der Waals surface area (Å²) in [6, 6.07) is 5.41. The number of nitrogens with one attached hydrogen (secondary N) is 1. The number of hydrazine groups is 1. The van der Waals surface area contributed by atoms with Crippen LogP contribution in [0.5, 0.6) is 5.75 Å². The number of hydrogen-bond donors (Lipinski definition) is 3. The van der Waals surface area contributed by atoms with E-state index in [1.165, 1.54) is 0 Å². The molecule has 4 nitrogen and oxygen atoms in total. The second-order valence-corrected chi connectivity index (χ2v) is 2.52. The van der Waals surface area contributed by atoms with E-state index in [1.54, 1.807) is 12.1 Å². The average Bonchev–Trinajstić information content (AvgIpc) is 2.18. The largest absolute Gasteiger partial charge is 0.493 e. The van der Waals surface area contributed by atoms with E-state index in [-0.39, 0.29) is 6.61 Å². The molecule has 0 saturated heterocycles. The molecule has 72 valence electrons. The Bertz CT molecular complexity index is 276. The summed E-state index contributed by atoms with van der Waals surface area (Å²) in [5.74, 6) is 5.94. The number of nitrogen functional groups attached to an aromatic ring is 1. The van der Waals surface area contributed by atoms with Crippen molar-refractivity contribution in [2.45, 2.75) is 13.5 Å². The smallest absolute Gasteiger partial charge is 0.126 e. The van der Waals surface area contributed by atoms with Gasteiger partial charge < -0.3 is 15.3 Å². The van der Waals surface area contributed by atoms with Gasteiger partial charge in [-0.15, -0.1) is 0 Å². The second-order valence-electron chi connectivity index (χ2n) is 2.52. The van der Waals surface area contributed by atoms with Gasteiger partial charge in [-0.25, -0.2) is 0 Å². The molecule has 4 heteroatoms. The molecule has 1 aromatic rings. The van der Waals surface area contributed by atoms with Crippen molar-refractivity contribution in [1.82, 2.24) is 0 Å². The molecule has 0 heterocycles. The molecular weight excluding hydrogens is 168 g/mol. The molecule has 0 spiro atoms. The molecule has 0 amide bonds. The summed E-state index contributed by atoms with van der Waals surface area (Å²) in [6.45, 7) is 2.38. The molecule has 0 aliphatic carbocycles. The lowest BCUT2D eigenvalue weighted by molar-refractivity contribution is 0.268. The van der Waals surface area contributed by atoms with Crippen LogP contribution >= 0.6 is 0 Å². The molecule has 0 unspecified atom stereocenters. The van der Waals surface area contributed by atoms with Crippen LogP contribution < -0.4 is 16.0 Å². The van der Waals surface area contributed by atoms with Crippen LogP contribution in [0.4, 0.5) is 5.69 Å². The first kappa shape index (κ1) is 9.83. The van der Waals surface area contributed by atoms with Gasteiger partial charge in [0.15, 0.2) is 0 Å². The molecule has 1 rings (SSSR count). The molecular formula is C9H14N2O2. The van der Waals surface area contributed by atoms with Crippen molar-refractivity contribution in [1.29, 1.82) is 0 Å². The van der Waals surface area contributed by atoms with E-state index < -0.39 is 0 Å². The second kappa shape index (κ2) is 4.69. The molecule has 0 aromatic heterocycles. The zero-order valence-corrected chi connectivity index (χ0v) is 7.58. The summed E-state index contributed by atoms with van der Waals surface area (Å²) in [7, 11) is 0. The van der Waals surface area contributed by atoms with Gasteiger partial charge in [-0.2, -0.15) is 0 Å². The Morgan fingerprint density at radius 3 is 2.85 bits per heavy atom. The first-order valence-electron chi connectivity index (χ1n) is 4.15. The fourth-order valence-electron chi connectivity index (χ4n) is 1.15. The Morgan fingerprint density at radius 1 is 1.54 bits per heavy atom. The van der Waals surface area contributed by atoms with Crippen molar-refractivity contribution in [2.24, 2.45) is 5.84 Å². The number of benzene rings is 1. The third kappa shape index (κ3) is 2.11. The van der Waals surface area contributed by atoms with Gasteiger partial charge in [0.2, 0.25) is 0 Å². The molecule has 0 aliphatic heterocycles. The molecule has 0 fully saturated rings. The zero-order valence-electron chi connectivity index (χ0n) is 7.58. The van der Waals surface area contributed by atoms with Crippen LogP contribution in [0.2, 0.25) is 0 Å². The van der Waals surface area contributed by atoms with Crippen molar-refractivity contribution in [3.63, 3.8) is 0 Å². The normalized spacial score (nSPS) is 9.77. The van der Waals surface area contributed by atoms with Crippen LogP contribution in [0, 0.1) is 0 Å². The van der Waals surface area contributed by atoms with Crippen LogP contribution in [-0.4, -0.2) is 11.7 Å². The molecule has 13 heavy (non-hydrogen) atoms. The lowest BCUT2D eigenvalue weighted by atomic mass is 10.1.